The maximum atomic E-state index is 11.4. The van der Waals surface area contributed by atoms with Crippen LogP contribution in [0, 0.1) is 0 Å². The van der Waals surface area contributed by atoms with E-state index in [0.717, 1.165) is 0 Å². The predicted molar refractivity (Wildman–Crippen MR) is 58.6 cm³/mol. The molecule has 4 nitrogen and oxygen atoms in total. The lowest BCUT2D eigenvalue weighted by Gasteiger charge is -2.07. The number of rotatable bonds is 5. The first-order chi connectivity index (χ1) is 7.18. The molecule has 82 valence electrons. The SMILES string of the molecule is CC(C)OCCC(=O)Nc1ccccn1. The first-order valence-corrected chi connectivity index (χ1v) is 5.01. The van der Waals surface area contributed by atoms with Crippen LogP contribution in [0.15, 0.2) is 24.4 Å². The van der Waals surface area contributed by atoms with Crippen molar-refractivity contribution in [1.29, 1.82) is 0 Å². The summed E-state index contributed by atoms with van der Waals surface area (Å²) in [5.74, 6) is 0.501. The van der Waals surface area contributed by atoms with Crippen molar-refractivity contribution in [1.82, 2.24) is 4.98 Å². The maximum Gasteiger partial charge on any atom is 0.227 e. The highest BCUT2D eigenvalue weighted by Gasteiger charge is 2.03. The van der Waals surface area contributed by atoms with Crippen LogP contribution in [0.2, 0.25) is 0 Å². The molecule has 0 unspecified atom stereocenters. The normalized spacial score (nSPS) is 10.3. The number of aromatic nitrogens is 1. The van der Waals surface area contributed by atoms with Crippen LogP contribution in [0.5, 0.6) is 0 Å². The van der Waals surface area contributed by atoms with Crippen LogP contribution < -0.4 is 5.32 Å². The van der Waals surface area contributed by atoms with Gasteiger partial charge in [-0.15, -0.1) is 0 Å². The van der Waals surface area contributed by atoms with Crippen LogP contribution in [0.25, 0.3) is 0 Å². The van der Waals surface area contributed by atoms with Gasteiger partial charge in [-0.25, -0.2) is 4.98 Å². The van der Waals surface area contributed by atoms with E-state index in [-0.39, 0.29) is 12.0 Å². The molecule has 0 spiro atoms. The van der Waals surface area contributed by atoms with E-state index < -0.39 is 0 Å². The van der Waals surface area contributed by atoms with Crippen molar-refractivity contribution in [3.63, 3.8) is 0 Å². The third-order valence-corrected chi connectivity index (χ3v) is 1.71. The van der Waals surface area contributed by atoms with Crippen molar-refractivity contribution < 1.29 is 9.53 Å². The Kier molecular flexibility index (Phi) is 4.77. The number of pyridine rings is 1. The summed E-state index contributed by atoms with van der Waals surface area (Å²) in [5.41, 5.74) is 0. The minimum absolute atomic E-state index is 0.0747. The second-order valence-corrected chi connectivity index (χ2v) is 3.43. The fourth-order valence-electron chi connectivity index (χ4n) is 1.03. The number of ether oxygens (including phenoxy) is 1. The van der Waals surface area contributed by atoms with Gasteiger partial charge in [0.25, 0.3) is 0 Å². The van der Waals surface area contributed by atoms with Gasteiger partial charge in [0.1, 0.15) is 5.82 Å². The van der Waals surface area contributed by atoms with E-state index in [1.807, 2.05) is 19.9 Å². The molecule has 0 aliphatic carbocycles. The molecule has 0 fully saturated rings. The van der Waals surface area contributed by atoms with Crippen LogP contribution in [-0.4, -0.2) is 23.6 Å². The highest BCUT2D eigenvalue weighted by Crippen LogP contribution is 2.00. The van der Waals surface area contributed by atoms with E-state index in [1.165, 1.54) is 0 Å². The van der Waals surface area contributed by atoms with Gasteiger partial charge >= 0.3 is 0 Å². The average molecular weight is 208 g/mol. The Morgan fingerprint density at radius 1 is 1.53 bits per heavy atom. The number of hydrogen-bond donors (Lipinski definition) is 1. The molecule has 0 aliphatic heterocycles. The number of carbonyl (C=O) groups excluding carboxylic acids is 1. The van der Waals surface area contributed by atoms with Gasteiger partial charge in [0, 0.05) is 6.20 Å². The standard InChI is InChI=1S/C11H16N2O2/c1-9(2)15-8-6-11(14)13-10-5-3-4-7-12-10/h3-5,7,9H,6,8H2,1-2H3,(H,12,13,14). The van der Waals surface area contributed by atoms with Gasteiger partial charge in [-0.05, 0) is 26.0 Å². The smallest absolute Gasteiger partial charge is 0.227 e. The van der Waals surface area contributed by atoms with Crippen molar-refractivity contribution in [3.05, 3.63) is 24.4 Å². The molecule has 15 heavy (non-hydrogen) atoms. The molecule has 1 amide bonds. The first kappa shape index (κ1) is 11.7. The fourth-order valence-corrected chi connectivity index (χ4v) is 1.03. The lowest BCUT2D eigenvalue weighted by Crippen LogP contribution is -2.16. The molecule has 1 rings (SSSR count). The van der Waals surface area contributed by atoms with E-state index in [0.29, 0.717) is 18.8 Å². The minimum atomic E-state index is -0.0747. The van der Waals surface area contributed by atoms with Gasteiger partial charge in [0.2, 0.25) is 5.91 Å². The molecule has 0 saturated heterocycles. The quantitative estimate of drug-likeness (QED) is 0.803. The minimum Gasteiger partial charge on any atom is -0.378 e. The van der Waals surface area contributed by atoms with Crippen LogP contribution in [0.4, 0.5) is 5.82 Å². The molecule has 4 heteroatoms. The lowest BCUT2D eigenvalue weighted by atomic mass is 10.4. The Hall–Kier alpha value is -1.42. The first-order valence-electron chi connectivity index (χ1n) is 5.01. The van der Waals surface area contributed by atoms with Gasteiger partial charge in [-0.3, -0.25) is 4.79 Å². The second kappa shape index (κ2) is 6.14. The molecule has 1 N–H and O–H groups in total. The topological polar surface area (TPSA) is 51.2 Å². The summed E-state index contributed by atoms with van der Waals surface area (Å²) in [5, 5.41) is 2.69. The second-order valence-electron chi connectivity index (χ2n) is 3.43. The van der Waals surface area contributed by atoms with Crippen LogP contribution >= 0.6 is 0 Å². The van der Waals surface area contributed by atoms with E-state index >= 15 is 0 Å². The Labute approximate surface area is 89.7 Å². The van der Waals surface area contributed by atoms with Crippen molar-refractivity contribution >= 4 is 11.7 Å². The summed E-state index contributed by atoms with van der Waals surface area (Å²) >= 11 is 0. The molecule has 1 heterocycles. The van der Waals surface area contributed by atoms with Gasteiger partial charge in [-0.1, -0.05) is 6.07 Å². The van der Waals surface area contributed by atoms with E-state index in [9.17, 15) is 4.79 Å². The number of nitrogens with zero attached hydrogens (tertiary/aromatic N) is 1. The molecule has 0 saturated carbocycles. The van der Waals surface area contributed by atoms with Gasteiger partial charge in [0.15, 0.2) is 0 Å². The molecule has 0 bridgehead atoms. The van der Waals surface area contributed by atoms with Crippen LogP contribution in [-0.2, 0) is 9.53 Å². The van der Waals surface area contributed by atoms with E-state index in [1.54, 1.807) is 18.3 Å². The third kappa shape index (κ3) is 5.12. The van der Waals surface area contributed by atoms with Crippen molar-refractivity contribution in [2.75, 3.05) is 11.9 Å². The molecule has 1 aromatic heterocycles. The van der Waals surface area contributed by atoms with Crippen molar-refractivity contribution in [2.24, 2.45) is 0 Å². The highest BCUT2D eigenvalue weighted by molar-refractivity contribution is 5.89. The number of amides is 1. The Bertz CT molecular complexity index is 299. The summed E-state index contributed by atoms with van der Waals surface area (Å²) < 4.78 is 5.27. The molecule has 0 radical (unpaired) electrons. The summed E-state index contributed by atoms with van der Waals surface area (Å²) in [6, 6.07) is 5.38. The van der Waals surface area contributed by atoms with Gasteiger partial charge in [-0.2, -0.15) is 0 Å². The molecule has 0 atom stereocenters. The fraction of sp³-hybridized carbons (Fsp3) is 0.455. The van der Waals surface area contributed by atoms with E-state index in [4.69, 9.17) is 4.74 Å². The highest BCUT2D eigenvalue weighted by atomic mass is 16.5. The number of carbonyl (C=O) groups is 1. The molecule has 0 aromatic carbocycles. The van der Waals surface area contributed by atoms with Gasteiger partial charge < -0.3 is 10.1 Å². The zero-order chi connectivity index (χ0) is 11.1. The average Bonchev–Trinajstić information content (AvgIpc) is 2.18. The molecule has 0 aliphatic rings. The van der Waals surface area contributed by atoms with Gasteiger partial charge in [0.05, 0.1) is 19.1 Å². The summed E-state index contributed by atoms with van der Waals surface area (Å²) in [7, 11) is 0. The Morgan fingerprint density at radius 2 is 2.33 bits per heavy atom. The zero-order valence-corrected chi connectivity index (χ0v) is 9.06. The molecule has 1 aromatic rings. The monoisotopic (exact) mass is 208 g/mol. The van der Waals surface area contributed by atoms with Crippen molar-refractivity contribution in [3.8, 4) is 0 Å². The third-order valence-electron chi connectivity index (χ3n) is 1.71. The molecular formula is C11H16N2O2. The lowest BCUT2D eigenvalue weighted by molar-refractivity contribution is -0.117. The summed E-state index contributed by atoms with van der Waals surface area (Å²) in [6.07, 6.45) is 2.15. The summed E-state index contributed by atoms with van der Waals surface area (Å²) in [6.45, 7) is 4.32. The predicted octanol–water partition coefficient (Wildman–Crippen LogP) is 1.84. The number of hydrogen-bond acceptors (Lipinski definition) is 3. The number of nitrogens with one attached hydrogen (secondary N) is 1. The number of anilines is 1. The Morgan fingerprint density at radius 3 is 2.93 bits per heavy atom. The Balaban J connectivity index is 2.25. The van der Waals surface area contributed by atoms with Crippen LogP contribution in [0.1, 0.15) is 20.3 Å². The van der Waals surface area contributed by atoms with E-state index in [2.05, 4.69) is 10.3 Å². The maximum absolute atomic E-state index is 11.4. The summed E-state index contributed by atoms with van der Waals surface area (Å²) in [4.78, 5) is 15.4. The largest absolute Gasteiger partial charge is 0.378 e. The zero-order valence-electron chi connectivity index (χ0n) is 9.06. The van der Waals surface area contributed by atoms with Crippen LogP contribution in [0.3, 0.4) is 0 Å². The van der Waals surface area contributed by atoms with Crippen molar-refractivity contribution in [2.45, 2.75) is 26.4 Å². The molecular weight excluding hydrogens is 192 g/mol.